The largest absolute Gasteiger partial charge is 0.435 e. The van der Waals surface area contributed by atoms with Crippen molar-refractivity contribution in [2.75, 3.05) is 51.6 Å². The normalized spacial score (nSPS) is 14.4. The van der Waals surface area contributed by atoms with Gasteiger partial charge in [0, 0.05) is 69.1 Å². The van der Waals surface area contributed by atoms with Crippen molar-refractivity contribution in [3.05, 3.63) is 65.5 Å². The molecule has 0 spiro atoms. The molecule has 0 saturated carbocycles. The summed E-state index contributed by atoms with van der Waals surface area (Å²) >= 11 is 0. The summed E-state index contributed by atoms with van der Waals surface area (Å²) < 4.78 is 21.2. The number of hydrogen-bond acceptors (Lipinski definition) is 8. The van der Waals surface area contributed by atoms with Gasteiger partial charge in [-0.3, -0.25) is 9.69 Å². The van der Waals surface area contributed by atoms with Crippen LogP contribution >= 0.6 is 0 Å². The van der Waals surface area contributed by atoms with Crippen LogP contribution in [-0.4, -0.2) is 86.9 Å². The van der Waals surface area contributed by atoms with Crippen molar-refractivity contribution in [2.45, 2.75) is 27.3 Å². The van der Waals surface area contributed by atoms with Gasteiger partial charge in [0.2, 0.25) is 5.88 Å². The fraction of sp³-hybridized carbons (Fsp3) is 0.379. The van der Waals surface area contributed by atoms with Gasteiger partial charge in [0.25, 0.3) is 5.91 Å². The highest BCUT2D eigenvalue weighted by molar-refractivity contribution is 6.01. The lowest BCUT2D eigenvalue weighted by Gasteiger charge is -2.33. The molecule has 10 nitrogen and oxygen atoms in total. The number of aromatic nitrogens is 4. The highest BCUT2D eigenvalue weighted by atomic mass is 19.1. The van der Waals surface area contributed by atoms with Crippen molar-refractivity contribution in [3.63, 3.8) is 0 Å². The summed E-state index contributed by atoms with van der Waals surface area (Å²) in [6.07, 6.45) is 3.11. The lowest BCUT2D eigenvalue weighted by Crippen LogP contribution is -2.45. The van der Waals surface area contributed by atoms with Crippen LogP contribution in [0.25, 0.3) is 10.9 Å². The Balaban J connectivity index is 1.39. The second-order valence-electron chi connectivity index (χ2n) is 10.0. The number of likely N-dealkylation sites (N-methyl/N-ethyl adjacent to an activating group) is 1. The van der Waals surface area contributed by atoms with Crippen LogP contribution in [0.15, 0.2) is 42.9 Å². The number of nitrogens with zero attached hydrogens (tertiary/aromatic N) is 6. The van der Waals surface area contributed by atoms with E-state index in [1.165, 1.54) is 17.3 Å². The summed E-state index contributed by atoms with van der Waals surface area (Å²) in [5.41, 5.74) is 2.69. The average Bonchev–Trinajstić information content (AvgIpc) is 3.36. The molecule has 1 saturated heterocycles. The molecule has 40 heavy (non-hydrogen) atoms. The van der Waals surface area contributed by atoms with Gasteiger partial charge in [-0.15, -0.1) is 0 Å². The average molecular weight is 547 g/mol. The zero-order valence-electron chi connectivity index (χ0n) is 23.4. The summed E-state index contributed by atoms with van der Waals surface area (Å²) in [5, 5.41) is 3.54. The number of aryl methyl sites for hydroxylation is 1. The summed E-state index contributed by atoms with van der Waals surface area (Å²) in [6.45, 7) is 12.5. The summed E-state index contributed by atoms with van der Waals surface area (Å²) in [4.78, 5) is 36.0. The number of rotatable bonds is 9. The Kier molecular flexibility index (Phi) is 8.22. The van der Waals surface area contributed by atoms with Gasteiger partial charge in [-0.05, 0) is 50.2 Å². The molecule has 1 aliphatic heterocycles. The molecule has 1 aliphatic rings. The van der Waals surface area contributed by atoms with Crippen molar-refractivity contribution < 1.29 is 13.9 Å². The van der Waals surface area contributed by atoms with Crippen LogP contribution in [-0.2, 0) is 6.54 Å². The molecule has 0 radical (unpaired) electrons. The molecular formula is C29H35FN8O2. The maximum atomic E-state index is 15.3. The van der Waals surface area contributed by atoms with Crippen molar-refractivity contribution >= 4 is 28.4 Å². The van der Waals surface area contributed by atoms with Crippen LogP contribution in [0.5, 0.6) is 11.6 Å². The van der Waals surface area contributed by atoms with E-state index < -0.39 is 5.82 Å². The number of halogens is 1. The van der Waals surface area contributed by atoms with Gasteiger partial charge in [-0.2, -0.15) is 0 Å². The van der Waals surface area contributed by atoms with E-state index in [4.69, 9.17) is 4.74 Å². The van der Waals surface area contributed by atoms with Gasteiger partial charge in [-0.25, -0.2) is 19.3 Å². The maximum absolute atomic E-state index is 15.3. The van der Waals surface area contributed by atoms with E-state index in [-0.39, 0.29) is 28.9 Å². The molecule has 1 fully saturated rings. The van der Waals surface area contributed by atoms with Crippen LogP contribution in [0.3, 0.4) is 0 Å². The molecular weight excluding hydrogens is 511 g/mol. The standard InChI is InChI=1S/C29H35FN8O2/c1-5-36(4)29(39)25-27(35-24-10-7-20(16-31-24)17-38-13-11-37(6-2)12-14-38)32-18-33-28(25)40-23-9-8-22-21(26(23)30)15-19(3)34-22/h7-10,15-16,18,34H,5-6,11-14,17H2,1-4H3,(H,31,32,33,35). The molecule has 0 atom stereocenters. The number of piperazine rings is 1. The number of anilines is 2. The Bertz CT molecular complexity index is 1480. The Hall–Kier alpha value is -4.09. The molecule has 5 rings (SSSR count). The molecule has 0 unspecified atom stereocenters. The minimum Gasteiger partial charge on any atom is -0.435 e. The number of nitrogens with one attached hydrogen (secondary N) is 2. The van der Waals surface area contributed by atoms with E-state index in [1.807, 2.05) is 32.2 Å². The minimum absolute atomic E-state index is 0.0356. The smallest absolute Gasteiger partial charge is 0.262 e. The number of ether oxygens (including phenoxy) is 1. The van der Waals surface area contributed by atoms with Gasteiger partial charge in [-0.1, -0.05) is 13.0 Å². The minimum atomic E-state index is -0.537. The van der Waals surface area contributed by atoms with Crippen LogP contribution in [0, 0.1) is 12.7 Å². The third-order valence-corrected chi connectivity index (χ3v) is 7.28. The first kappa shape index (κ1) is 27.5. The fourth-order valence-electron chi connectivity index (χ4n) is 4.77. The van der Waals surface area contributed by atoms with Gasteiger partial charge in [0.05, 0.1) is 0 Å². The number of pyridine rings is 1. The number of benzene rings is 1. The molecule has 4 heterocycles. The zero-order valence-corrected chi connectivity index (χ0v) is 23.4. The number of fused-ring (bicyclic) bond motifs is 1. The third-order valence-electron chi connectivity index (χ3n) is 7.28. The Labute approximate surface area is 233 Å². The maximum Gasteiger partial charge on any atom is 0.262 e. The number of amides is 1. The molecule has 1 aromatic carbocycles. The third kappa shape index (κ3) is 5.90. The van der Waals surface area contributed by atoms with Crippen molar-refractivity contribution in [3.8, 4) is 11.6 Å². The molecule has 1 amide bonds. The van der Waals surface area contributed by atoms with Crippen molar-refractivity contribution in [2.24, 2.45) is 0 Å². The lowest BCUT2D eigenvalue weighted by molar-refractivity contribution is 0.0799. The summed E-state index contributed by atoms with van der Waals surface area (Å²) in [7, 11) is 1.67. The lowest BCUT2D eigenvalue weighted by atomic mass is 10.2. The first-order valence-corrected chi connectivity index (χ1v) is 13.6. The van der Waals surface area contributed by atoms with E-state index in [9.17, 15) is 4.79 Å². The fourth-order valence-corrected chi connectivity index (χ4v) is 4.77. The molecule has 0 aliphatic carbocycles. The number of aromatic amines is 1. The van der Waals surface area contributed by atoms with Crippen molar-refractivity contribution in [1.29, 1.82) is 0 Å². The highest BCUT2D eigenvalue weighted by Gasteiger charge is 2.25. The molecule has 3 aromatic heterocycles. The topological polar surface area (TPSA) is 103 Å². The van der Waals surface area contributed by atoms with Crippen LogP contribution < -0.4 is 10.1 Å². The van der Waals surface area contributed by atoms with Gasteiger partial charge in [0.1, 0.15) is 17.7 Å². The van der Waals surface area contributed by atoms with Crippen LogP contribution in [0.1, 0.15) is 35.5 Å². The molecule has 11 heteroatoms. The van der Waals surface area contributed by atoms with Crippen LogP contribution in [0.4, 0.5) is 16.0 Å². The molecule has 210 valence electrons. The Morgan fingerprint density at radius 3 is 2.58 bits per heavy atom. The quantitative estimate of drug-likeness (QED) is 0.315. The highest BCUT2D eigenvalue weighted by Crippen LogP contribution is 2.33. The van der Waals surface area contributed by atoms with Gasteiger partial charge < -0.3 is 24.8 Å². The SMILES string of the molecule is CCN1CCN(Cc2ccc(Nc3ncnc(Oc4ccc5[nH]c(C)cc5c4F)c3C(=O)N(C)CC)nc2)CC1. The second kappa shape index (κ2) is 12.0. The Morgan fingerprint density at radius 1 is 1.10 bits per heavy atom. The number of H-pyrrole nitrogens is 1. The second-order valence-corrected chi connectivity index (χ2v) is 10.0. The molecule has 2 N–H and O–H groups in total. The first-order chi connectivity index (χ1) is 19.4. The summed E-state index contributed by atoms with van der Waals surface area (Å²) in [6, 6.07) is 8.84. The predicted molar refractivity (Wildman–Crippen MR) is 153 cm³/mol. The van der Waals surface area contributed by atoms with Gasteiger partial charge in [0.15, 0.2) is 17.4 Å². The number of carbonyl (C=O) groups is 1. The first-order valence-electron chi connectivity index (χ1n) is 13.6. The van der Waals surface area contributed by atoms with Crippen LogP contribution in [0.2, 0.25) is 0 Å². The molecule has 4 aromatic rings. The monoisotopic (exact) mass is 546 g/mol. The van der Waals surface area contributed by atoms with E-state index in [2.05, 4.69) is 42.0 Å². The number of carbonyl (C=O) groups excluding carboxylic acids is 1. The van der Waals surface area contributed by atoms with E-state index in [0.29, 0.717) is 23.3 Å². The molecule has 0 bridgehead atoms. The Morgan fingerprint density at radius 2 is 1.88 bits per heavy atom. The van der Waals surface area contributed by atoms with Crippen molar-refractivity contribution in [1.82, 2.24) is 34.6 Å². The number of hydrogen-bond donors (Lipinski definition) is 2. The summed E-state index contributed by atoms with van der Waals surface area (Å²) in [5.74, 6) is -0.228. The van der Waals surface area contributed by atoms with E-state index in [1.54, 1.807) is 19.2 Å². The van der Waals surface area contributed by atoms with E-state index in [0.717, 1.165) is 50.5 Å². The predicted octanol–water partition coefficient (Wildman–Crippen LogP) is 4.57. The van der Waals surface area contributed by atoms with Gasteiger partial charge >= 0.3 is 0 Å². The zero-order chi connectivity index (χ0) is 28.2. The van der Waals surface area contributed by atoms with E-state index >= 15 is 4.39 Å².